The number of amides is 1. The number of aromatic amines is 1. The maximum Gasteiger partial charge on any atom is 0.253 e. The summed E-state index contributed by atoms with van der Waals surface area (Å²) in [5.41, 5.74) is 8.00. The van der Waals surface area contributed by atoms with Crippen molar-refractivity contribution in [1.82, 2.24) is 10.3 Å². The molecule has 0 spiro atoms. The zero-order valence-electron chi connectivity index (χ0n) is 11.3. The zero-order chi connectivity index (χ0) is 13.9. The highest BCUT2D eigenvalue weighted by atomic mass is 16.5. The predicted octanol–water partition coefficient (Wildman–Crippen LogP) is 1.91. The highest BCUT2D eigenvalue weighted by molar-refractivity contribution is 6.07. The predicted molar refractivity (Wildman–Crippen MR) is 78.6 cm³/mol. The molecular formula is C15H19N3O2. The minimum atomic E-state index is -0.0626. The first kappa shape index (κ1) is 13.0. The number of H-pyrrole nitrogens is 1. The molecule has 20 heavy (non-hydrogen) atoms. The maximum atomic E-state index is 12.3. The van der Waals surface area contributed by atoms with Gasteiger partial charge in [-0.05, 0) is 37.0 Å². The second kappa shape index (κ2) is 5.54. The number of aromatic nitrogens is 1. The maximum absolute atomic E-state index is 12.3. The number of rotatable bonds is 3. The lowest BCUT2D eigenvalue weighted by molar-refractivity contribution is 0.0536. The average molecular weight is 273 g/mol. The third kappa shape index (κ3) is 2.63. The normalized spacial score (nSPS) is 19.1. The number of ether oxygens (including phenoxy) is 1. The van der Waals surface area contributed by atoms with E-state index in [4.69, 9.17) is 10.5 Å². The number of hydrogen-bond donors (Lipinski definition) is 3. The Morgan fingerprint density at radius 1 is 1.50 bits per heavy atom. The third-order valence-corrected chi connectivity index (χ3v) is 3.76. The van der Waals surface area contributed by atoms with Gasteiger partial charge >= 0.3 is 0 Å². The van der Waals surface area contributed by atoms with Gasteiger partial charge in [-0.25, -0.2) is 0 Å². The van der Waals surface area contributed by atoms with Crippen LogP contribution >= 0.6 is 0 Å². The van der Waals surface area contributed by atoms with Crippen LogP contribution in [0.5, 0.6) is 0 Å². The molecule has 1 unspecified atom stereocenters. The molecule has 4 N–H and O–H groups in total. The van der Waals surface area contributed by atoms with Crippen LogP contribution in [0.15, 0.2) is 24.4 Å². The average Bonchev–Trinajstić information content (AvgIpc) is 2.89. The first-order valence-corrected chi connectivity index (χ1v) is 6.96. The van der Waals surface area contributed by atoms with Crippen molar-refractivity contribution in [3.05, 3.63) is 30.0 Å². The van der Waals surface area contributed by atoms with E-state index in [1.54, 1.807) is 6.20 Å². The van der Waals surface area contributed by atoms with Crippen LogP contribution in [0.25, 0.3) is 10.9 Å². The molecular weight excluding hydrogens is 254 g/mol. The number of benzene rings is 1. The molecule has 1 aliphatic heterocycles. The van der Waals surface area contributed by atoms with Gasteiger partial charge in [0.1, 0.15) is 0 Å². The van der Waals surface area contributed by atoms with Crippen LogP contribution in [-0.4, -0.2) is 30.6 Å². The van der Waals surface area contributed by atoms with Gasteiger partial charge < -0.3 is 20.8 Å². The van der Waals surface area contributed by atoms with E-state index in [1.165, 1.54) is 0 Å². The summed E-state index contributed by atoms with van der Waals surface area (Å²) >= 11 is 0. The number of anilines is 1. The summed E-state index contributed by atoms with van der Waals surface area (Å²) < 4.78 is 5.42. The molecule has 1 amide bonds. The molecule has 1 saturated heterocycles. The van der Waals surface area contributed by atoms with Crippen LogP contribution < -0.4 is 11.1 Å². The molecule has 1 aromatic heterocycles. The molecule has 1 atom stereocenters. The van der Waals surface area contributed by atoms with E-state index in [0.29, 0.717) is 23.7 Å². The number of carbonyl (C=O) groups is 1. The Kier molecular flexibility index (Phi) is 3.60. The van der Waals surface area contributed by atoms with E-state index in [0.717, 1.165) is 37.0 Å². The quantitative estimate of drug-likeness (QED) is 0.747. The van der Waals surface area contributed by atoms with Crippen LogP contribution in [0, 0.1) is 5.92 Å². The monoisotopic (exact) mass is 273 g/mol. The number of nitrogens with two attached hydrogens (primary N) is 1. The molecule has 2 aromatic rings. The second-order valence-corrected chi connectivity index (χ2v) is 5.30. The van der Waals surface area contributed by atoms with Crippen LogP contribution in [0.2, 0.25) is 0 Å². The van der Waals surface area contributed by atoms with Gasteiger partial charge in [0.2, 0.25) is 0 Å². The third-order valence-electron chi connectivity index (χ3n) is 3.76. The van der Waals surface area contributed by atoms with Crippen molar-refractivity contribution in [2.45, 2.75) is 12.8 Å². The zero-order valence-corrected chi connectivity index (χ0v) is 11.3. The number of hydrogen-bond acceptors (Lipinski definition) is 3. The summed E-state index contributed by atoms with van der Waals surface area (Å²) in [6.45, 7) is 2.24. The number of carbonyl (C=O) groups excluding carboxylic acids is 1. The van der Waals surface area contributed by atoms with Gasteiger partial charge in [-0.2, -0.15) is 0 Å². The van der Waals surface area contributed by atoms with Crippen LogP contribution in [0.1, 0.15) is 23.2 Å². The Hall–Kier alpha value is -2.01. The van der Waals surface area contributed by atoms with Gasteiger partial charge in [0.15, 0.2) is 0 Å². The Labute approximate surface area is 117 Å². The molecule has 0 saturated carbocycles. The first-order chi connectivity index (χ1) is 9.74. The molecule has 0 aliphatic carbocycles. The number of nitrogens with one attached hydrogen (secondary N) is 2. The molecule has 1 aromatic carbocycles. The highest BCUT2D eigenvalue weighted by Crippen LogP contribution is 2.21. The van der Waals surface area contributed by atoms with Gasteiger partial charge in [0, 0.05) is 35.9 Å². The molecule has 5 nitrogen and oxygen atoms in total. The van der Waals surface area contributed by atoms with E-state index >= 15 is 0 Å². The minimum Gasteiger partial charge on any atom is -0.399 e. The van der Waals surface area contributed by atoms with Crippen molar-refractivity contribution in [3.8, 4) is 0 Å². The minimum absolute atomic E-state index is 0.0626. The van der Waals surface area contributed by atoms with Crippen LogP contribution in [0.4, 0.5) is 5.69 Å². The van der Waals surface area contributed by atoms with Crippen molar-refractivity contribution in [3.63, 3.8) is 0 Å². The SMILES string of the molecule is Nc1ccc2[nH]cc(C(=O)NCC3CCCOC3)c2c1. The van der Waals surface area contributed by atoms with Gasteiger partial charge in [0.25, 0.3) is 5.91 Å². The molecule has 1 aliphatic rings. The molecule has 106 valence electrons. The fourth-order valence-corrected chi connectivity index (χ4v) is 2.63. The van der Waals surface area contributed by atoms with E-state index in [2.05, 4.69) is 10.3 Å². The Bertz CT molecular complexity index is 615. The standard InChI is InChI=1S/C15H19N3O2/c16-11-3-4-14-12(6-11)13(8-17-14)15(19)18-7-10-2-1-5-20-9-10/h3-4,6,8,10,17H,1-2,5,7,9,16H2,(H,18,19). The van der Waals surface area contributed by atoms with Crippen molar-refractivity contribution in [1.29, 1.82) is 0 Å². The molecule has 0 radical (unpaired) electrons. The van der Waals surface area contributed by atoms with Gasteiger partial charge in [-0.3, -0.25) is 4.79 Å². The smallest absolute Gasteiger partial charge is 0.253 e. The molecule has 0 bridgehead atoms. The van der Waals surface area contributed by atoms with Crippen LogP contribution in [0.3, 0.4) is 0 Å². The summed E-state index contributed by atoms with van der Waals surface area (Å²) in [5.74, 6) is 0.357. The summed E-state index contributed by atoms with van der Waals surface area (Å²) in [5, 5.41) is 3.85. The number of fused-ring (bicyclic) bond motifs is 1. The Balaban J connectivity index is 1.70. The van der Waals surface area contributed by atoms with E-state index < -0.39 is 0 Å². The lowest BCUT2D eigenvalue weighted by Gasteiger charge is -2.22. The Morgan fingerprint density at radius 2 is 2.40 bits per heavy atom. The first-order valence-electron chi connectivity index (χ1n) is 6.96. The lowest BCUT2D eigenvalue weighted by Crippen LogP contribution is -2.33. The molecule has 3 rings (SSSR count). The van der Waals surface area contributed by atoms with Crippen molar-refractivity contribution in [2.75, 3.05) is 25.5 Å². The molecule has 1 fully saturated rings. The molecule has 5 heteroatoms. The topological polar surface area (TPSA) is 80.1 Å². The van der Waals surface area contributed by atoms with Crippen LogP contribution in [-0.2, 0) is 4.74 Å². The lowest BCUT2D eigenvalue weighted by atomic mass is 10.0. The van der Waals surface area contributed by atoms with Gasteiger partial charge in [-0.1, -0.05) is 0 Å². The highest BCUT2D eigenvalue weighted by Gasteiger charge is 2.17. The largest absolute Gasteiger partial charge is 0.399 e. The van der Waals surface area contributed by atoms with E-state index in [9.17, 15) is 4.79 Å². The summed E-state index contributed by atoms with van der Waals surface area (Å²) in [7, 11) is 0. The summed E-state index contributed by atoms with van der Waals surface area (Å²) in [6, 6.07) is 5.53. The van der Waals surface area contributed by atoms with Crippen molar-refractivity contribution >= 4 is 22.5 Å². The van der Waals surface area contributed by atoms with E-state index in [-0.39, 0.29) is 5.91 Å². The fraction of sp³-hybridized carbons (Fsp3) is 0.400. The fourth-order valence-electron chi connectivity index (χ4n) is 2.63. The van der Waals surface area contributed by atoms with Gasteiger partial charge in [-0.15, -0.1) is 0 Å². The summed E-state index contributed by atoms with van der Waals surface area (Å²) in [4.78, 5) is 15.4. The summed E-state index contributed by atoms with van der Waals surface area (Å²) in [6.07, 6.45) is 3.92. The van der Waals surface area contributed by atoms with E-state index in [1.807, 2.05) is 18.2 Å². The van der Waals surface area contributed by atoms with Crippen molar-refractivity contribution < 1.29 is 9.53 Å². The molecule has 2 heterocycles. The van der Waals surface area contributed by atoms with Gasteiger partial charge in [0.05, 0.1) is 12.2 Å². The Morgan fingerprint density at radius 3 is 3.20 bits per heavy atom. The van der Waals surface area contributed by atoms with Crippen molar-refractivity contribution in [2.24, 2.45) is 5.92 Å². The second-order valence-electron chi connectivity index (χ2n) is 5.30. The number of nitrogen functional groups attached to an aromatic ring is 1.